The number of nitrogens with zero attached hydrogens (tertiary/aromatic N) is 2. The first kappa shape index (κ1) is 23.1. The summed E-state index contributed by atoms with van der Waals surface area (Å²) in [6, 6.07) is 29.5. The molecule has 2 heterocycles. The van der Waals surface area contributed by atoms with Gasteiger partial charge < -0.3 is 14.9 Å². The molecule has 2 amide bonds. The number of amides is 2. The van der Waals surface area contributed by atoms with Crippen molar-refractivity contribution in [3.63, 3.8) is 0 Å². The maximum absolute atomic E-state index is 11.9. The molecule has 0 aliphatic carbocycles. The molecule has 1 aromatic heterocycles. The molecule has 0 saturated carbocycles. The molecule has 1 aliphatic heterocycles. The second-order valence-electron chi connectivity index (χ2n) is 8.96. The van der Waals surface area contributed by atoms with E-state index in [0.29, 0.717) is 23.5 Å². The number of carbonyl (C=O) groups is 2. The Morgan fingerprint density at radius 3 is 1.95 bits per heavy atom. The summed E-state index contributed by atoms with van der Waals surface area (Å²) >= 11 is 0. The topological polar surface area (TPSA) is 92.0 Å². The largest absolute Gasteiger partial charge is 0.494 e. The van der Waals surface area contributed by atoms with Crippen LogP contribution in [0.15, 0.2) is 109 Å². The van der Waals surface area contributed by atoms with Crippen molar-refractivity contribution in [3.8, 4) is 28.9 Å². The first-order valence-corrected chi connectivity index (χ1v) is 12.0. The number of benzene rings is 4. The molecule has 0 unspecified atom stereocenters. The Kier molecular flexibility index (Phi) is 5.65. The lowest BCUT2D eigenvalue weighted by Gasteiger charge is -2.14. The molecule has 7 heteroatoms. The zero-order chi connectivity index (χ0) is 26.2. The van der Waals surface area contributed by atoms with Crippen LogP contribution < -0.4 is 9.64 Å². The van der Waals surface area contributed by atoms with Crippen LogP contribution in [0.3, 0.4) is 0 Å². The van der Waals surface area contributed by atoms with E-state index in [1.165, 1.54) is 22.8 Å². The third kappa shape index (κ3) is 4.16. The first-order chi connectivity index (χ1) is 18.5. The highest BCUT2D eigenvalue weighted by atomic mass is 16.5. The molecular formula is C31H22N2O5. The summed E-state index contributed by atoms with van der Waals surface area (Å²) < 4.78 is 7.30. The molecule has 0 fully saturated rings. The van der Waals surface area contributed by atoms with Crippen LogP contribution in [0.2, 0.25) is 0 Å². The quantitative estimate of drug-likeness (QED) is 0.284. The van der Waals surface area contributed by atoms with E-state index in [0.717, 1.165) is 26.8 Å². The van der Waals surface area contributed by atoms with Gasteiger partial charge in [0.1, 0.15) is 5.75 Å². The van der Waals surface area contributed by atoms with Gasteiger partial charge in [-0.2, -0.15) is 0 Å². The van der Waals surface area contributed by atoms with Gasteiger partial charge in [-0.15, -0.1) is 0 Å². The standard InChI is InChI=1S/C31H22N2O5/c34-28-16-17-29(35)32(28)23-12-8-20(9-13-23)18-21-10-14-24(15-11-21)33-30(36)19-27(31(33)37)38-26-7-3-5-22-4-1-2-6-25(22)26/h1-17,19,36-37H,18H2. The molecule has 2 N–H and O–H groups in total. The fourth-order valence-corrected chi connectivity index (χ4v) is 4.61. The zero-order valence-electron chi connectivity index (χ0n) is 20.1. The molecule has 1 aliphatic rings. The predicted octanol–water partition coefficient (Wildman–Crippen LogP) is 5.85. The lowest BCUT2D eigenvalue weighted by Crippen LogP contribution is -2.29. The third-order valence-electron chi connectivity index (χ3n) is 6.50. The Bertz CT molecular complexity index is 1690. The van der Waals surface area contributed by atoms with Crippen molar-refractivity contribution < 1.29 is 24.5 Å². The minimum Gasteiger partial charge on any atom is -0.494 e. The molecule has 7 nitrogen and oxygen atoms in total. The van der Waals surface area contributed by atoms with Crippen LogP contribution in [0.1, 0.15) is 11.1 Å². The molecule has 4 aromatic carbocycles. The zero-order valence-corrected chi connectivity index (χ0v) is 20.1. The highest BCUT2D eigenvalue weighted by Gasteiger charge is 2.24. The van der Waals surface area contributed by atoms with Crippen LogP contribution in [0.25, 0.3) is 16.5 Å². The Balaban J connectivity index is 1.20. The van der Waals surface area contributed by atoms with Crippen LogP contribution in [-0.4, -0.2) is 26.6 Å². The van der Waals surface area contributed by atoms with Gasteiger partial charge in [-0.05, 0) is 53.3 Å². The molecule has 0 spiro atoms. The second-order valence-corrected chi connectivity index (χ2v) is 8.96. The minimum atomic E-state index is -0.347. The lowest BCUT2D eigenvalue weighted by molar-refractivity contribution is -0.119. The molecule has 5 aromatic rings. The summed E-state index contributed by atoms with van der Waals surface area (Å²) in [5.41, 5.74) is 3.12. The van der Waals surface area contributed by atoms with Crippen molar-refractivity contribution in [1.29, 1.82) is 0 Å². The van der Waals surface area contributed by atoms with Crippen molar-refractivity contribution in [2.75, 3.05) is 4.90 Å². The number of fused-ring (bicyclic) bond motifs is 1. The molecule has 6 rings (SSSR count). The van der Waals surface area contributed by atoms with E-state index in [1.807, 2.05) is 66.7 Å². The van der Waals surface area contributed by atoms with E-state index < -0.39 is 0 Å². The van der Waals surface area contributed by atoms with Crippen LogP contribution >= 0.6 is 0 Å². The summed E-state index contributed by atoms with van der Waals surface area (Å²) in [6.07, 6.45) is 3.15. The Labute approximate surface area is 218 Å². The van der Waals surface area contributed by atoms with Crippen LogP contribution in [0.4, 0.5) is 5.69 Å². The van der Waals surface area contributed by atoms with E-state index >= 15 is 0 Å². The molecular weight excluding hydrogens is 480 g/mol. The van der Waals surface area contributed by atoms with Crippen LogP contribution in [-0.2, 0) is 16.0 Å². The van der Waals surface area contributed by atoms with E-state index in [4.69, 9.17) is 4.74 Å². The van der Waals surface area contributed by atoms with Gasteiger partial charge in [0, 0.05) is 23.6 Å². The van der Waals surface area contributed by atoms with E-state index in [9.17, 15) is 19.8 Å². The van der Waals surface area contributed by atoms with Crippen molar-refractivity contribution >= 4 is 28.3 Å². The smallest absolute Gasteiger partial charge is 0.258 e. The average Bonchev–Trinajstić information content (AvgIpc) is 3.41. The monoisotopic (exact) mass is 502 g/mol. The van der Waals surface area contributed by atoms with Gasteiger partial charge in [0.25, 0.3) is 11.8 Å². The number of aromatic nitrogens is 1. The Morgan fingerprint density at radius 1 is 0.658 bits per heavy atom. The molecule has 38 heavy (non-hydrogen) atoms. The maximum Gasteiger partial charge on any atom is 0.258 e. The van der Waals surface area contributed by atoms with Crippen molar-refractivity contribution in [2.24, 2.45) is 0 Å². The van der Waals surface area contributed by atoms with E-state index in [-0.39, 0.29) is 29.3 Å². The number of hydrogen-bond donors (Lipinski definition) is 2. The second kappa shape index (κ2) is 9.29. The number of aromatic hydroxyl groups is 2. The van der Waals surface area contributed by atoms with Gasteiger partial charge in [-0.25, -0.2) is 9.47 Å². The van der Waals surface area contributed by atoms with Crippen LogP contribution in [0.5, 0.6) is 23.3 Å². The fraction of sp³-hybridized carbons (Fsp3) is 0.0323. The van der Waals surface area contributed by atoms with Gasteiger partial charge in [0.05, 0.1) is 11.4 Å². The van der Waals surface area contributed by atoms with E-state index in [2.05, 4.69) is 0 Å². The normalized spacial score (nSPS) is 13.0. The maximum atomic E-state index is 11.9. The summed E-state index contributed by atoms with van der Waals surface area (Å²) in [4.78, 5) is 24.9. The number of ether oxygens (including phenoxy) is 1. The van der Waals surface area contributed by atoms with Gasteiger partial charge in [-0.3, -0.25) is 9.59 Å². The number of anilines is 1. The Morgan fingerprint density at radius 2 is 1.26 bits per heavy atom. The summed E-state index contributed by atoms with van der Waals surface area (Å²) in [5.74, 6) is -0.332. The van der Waals surface area contributed by atoms with Gasteiger partial charge in [0.15, 0.2) is 5.75 Å². The number of carbonyl (C=O) groups excluding carboxylic acids is 2. The lowest BCUT2D eigenvalue weighted by atomic mass is 10.0. The average molecular weight is 503 g/mol. The van der Waals surface area contributed by atoms with Gasteiger partial charge in [-0.1, -0.05) is 60.7 Å². The van der Waals surface area contributed by atoms with Crippen molar-refractivity contribution in [2.45, 2.75) is 6.42 Å². The number of rotatable bonds is 6. The first-order valence-electron chi connectivity index (χ1n) is 12.0. The van der Waals surface area contributed by atoms with Crippen LogP contribution in [0, 0.1) is 0 Å². The highest BCUT2D eigenvalue weighted by molar-refractivity contribution is 6.28. The third-order valence-corrected chi connectivity index (χ3v) is 6.50. The van der Waals surface area contributed by atoms with Crippen molar-refractivity contribution in [3.05, 3.63) is 120 Å². The summed E-state index contributed by atoms with van der Waals surface area (Å²) in [6.45, 7) is 0. The number of imide groups is 1. The molecule has 0 bridgehead atoms. The van der Waals surface area contributed by atoms with Gasteiger partial charge >= 0.3 is 0 Å². The molecule has 0 atom stereocenters. The number of hydrogen-bond acceptors (Lipinski definition) is 5. The SMILES string of the molecule is O=C1C=CC(=O)N1c1ccc(Cc2ccc(-n3c(O)cc(Oc4cccc5ccccc45)c3O)cc2)cc1. The minimum absolute atomic E-state index is 0.146. The highest BCUT2D eigenvalue weighted by Crippen LogP contribution is 2.41. The fourth-order valence-electron chi connectivity index (χ4n) is 4.61. The molecule has 0 saturated heterocycles. The summed E-state index contributed by atoms with van der Waals surface area (Å²) in [7, 11) is 0. The molecule has 0 radical (unpaired) electrons. The summed E-state index contributed by atoms with van der Waals surface area (Å²) in [5, 5.41) is 23.4. The Hall–Kier alpha value is -5.30. The van der Waals surface area contributed by atoms with Gasteiger partial charge in [0.2, 0.25) is 11.8 Å². The molecule has 186 valence electrons. The van der Waals surface area contributed by atoms with Crippen molar-refractivity contribution in [1.82, 2.24) is 4.57 Å². The van der Waals surface area contributed by atoms with E-state index in [1.54, 1.807) is 24.3 Å². The predicted molar refractivity (Wildman–Crippen MR) is 144 cm³/mol.